The van der Waals surface area contributed by atoms with Gasteiger partial charge in [0.1, 0.15) is 5.82 Å². The molecule has 4 heterocycles. The summed E-state index contributed by atoms with van der Waals surface area (Å²) in [5.41, 5.74) is 4.26. The van der Waals surface area contributed by atoms with Crippen molar-refractivity contribution < 1.29 is 14.3 Å². The predicted molar refractivity (Wildman–Crippen MR) is 155 cm³/mol. The zero-order valence-electron chi connectivity index (χ0n) is 22.9. The Bertz CT molecular complexity index is 1460. The minimum absolute atomic E-state index is 0.365. The highest BCUT2D eigenvalue weighted by Gasteiger charge is 2.18. The Hall–Kier alpha value is -4.02. The van der Waals surface area contributed by atoms with Crippen LogP contribution in [-0.2, 0) is 16.0 Å². The van der Waals surface area contributed by atoms with Gasteiger partial charge >= 0.3 is 5.97 Å². The number of rotatable bonds is 9. The van der Waals surface area contributed by atoms with Crippen LogP contribution >= 0.6 is 0 Å². The lowest BCUT2D eigenvalue weighted by molar-refractivity contribution is 0.0600. The van der Waals surface area contributed by atoms with E-state index < -0.39 is 0 Å². The maximum Gasteiger partial charge on any atom is 0.337 e. The van der Waals surface area contributed by atoms with Crippen LogP contribution in [0.25, 0.3) is 22.2 Å². The summed E-state index contributed by atoms with van der Waals surface area (Å²) in [4.78, 5) is 26.3. The molecule has 2 fully saturated rings. The molecular formula is C30H35N7O3. The molecule has 10 heteroatoms. The van der Waals surface area contributed by atoms with Gasteiger partial charge in [0, 0.05) is 42.3 Å². The number of benzene rings is 2. The minimum Gasteiger partial charge on any atom is -0.465 e. The molecule has 2 aliphatic heterocycles. The number of hydrogen-bond donors (Lipinski definition) is 1. The molecule has 1 N–H and O–H groups in total. The van der Waals surface area contributed by atoms with Gasteiger partial charge in [-0.1, -0.05) is 12.1 Å². The van der Waals surface area contributed by atoms with Gasteiger partial charge < -0.3 is 24.6 Å². The predicted octanol–water partition coefficient (Wildman–Crippen LogP) is 4.35. The van der Waals surface area contributed by atoms with E-state index in [1.807, 2.05) is 24.4 Å². The Kier molecular flexibility index (Phi) is 7.87. The molecule has 40 heavy (non-hydrogen) atoms. The van der Waals surface area contributed by atoms with Crippen LogP contribution in [0.15, 0.2) is 54.7 Å². The molecule has 0 saturated carbocycles. The van der Waals surface area contributed by atoms with Crippen LogP contribution in [-0.4, -0.2) is 83.7 Å². The first-order valence-corrected chi connectivity index (χ1v) is 14.0. The number of carbonyl (C=O) groups is 1. The third-order valence-electron chi connectivity index (χ3n) is 7.57. The van der Waals surface area contributed by atoms with Crippen LogP contribution in [0, 0.1) is 0 Å². The normalized spacial score (nSPS) is 16.0. The smallest absolute Gasteiger partial charge is 0.337 e. The molecule has 208 valence electrons. The van der Waals surface area contributed by atoms with Crippen molar-refractivity contribution in [3.8, 4) is 11.3 Å². The van der Waals surface area contributed by atoms with Crippen molar-refractivity contribution in [2.24, 2.45) is 0 Å². The summed E-state index contributed by atoms with van der Waals surface area (Å²) in [7, 11) is 1.38. The van der Waals surface area contributed by atoms with E-state index in [2.05, 4.69) is 43.1 Å². The van der Waals surface area contributed by atoms with Gasteiger partial charge in [-0.25, -0.2) is 9.78 Å². The van der Waals surface area contributed by atoms with Gasteiger partial charge in [0.25, 0.3) is 0 Å². The minimum atomic E-state index is -0.365. The first kappa shape index (κ1) is 26.2. The number of nitrogens with one attached hydrogen (secondary N) is 1. The van der Waals surface area contributed by atoms with E-state index in [0.29, 0.717) is 30.5 Å². The Morgan fingerprint density at radius 3 is 2.55 bits per heavy atom. The van der Waals surface area contributed by atoms with Gasteiger partial charge in [-0.15, -0.1) is 0 Å². The standard InChI is InChI=1S/C30H35N7O3/c1-39-29(38)22-7-9-25(10-8-22)32-28-20-26(33-30(34-28)36-15-17-40-18-16-36)23-5-6-24-21-31-37(27(24)19-23)14-4-13-35-11-2-3-12-35/h5-10,19-21H,2-4,11-18H2,1H3,(H,32,33,34). The molecule has 2 aliphatic rings. The number of carbonyl (C=O) groups excluding carboxylic acids is 1. The Morgan fingerprint density at radius 2 is 1.77 bits per heavy atom. The third-order valence-corrected chi connectivity index (χ3v) is 7.57. The summed E-state index contributed by atoms with van der Waals surface area (Å²) in [6.07, 6.45) is 5.65. The second-order valence-corrected chi connectivity index (χ2v) is 10.3. The molecule has 6 rings (SSSR count). The van der Waals surface area contributed by atoms with E-state index in [4.69, 9.17) is 19.4 Å². The SMILES string of the molecule is COC(=O)c1ccc(Nc2cc(-c3ccc4cnn(CCCN5CCCC5)c4c3)nc(N3CCOCC3)n2)cc1. The third kappa shape index (κ3) is 5.93. The van der Waals surface area contributed by atoms with E-state index >= 15 is 0 Å². The fourth-order valence-electron chi connectivity index (χ4n) is 5.36. The molecule has 2 saturated heterocycles. The summed E-state index contributed by atoms with van der Waals surface area (Å²) in [6, 6.07) is 15.5. The molecule has 0 aliphatic carbocycles. The Morgan fingerprint density at radius 1 is 0.975 bits per heavy atom. The highest BCUT2D eigenvalue weighted by atomic mass is 16.5. The largest absolute Gasteiger partial charge is 0.465 e. The molecule has 0 bridgehead atoms. The number of ether oxygens (including phenoxy) is 2. The lowest BCUT2D eigenvalue weighted by atomic mass is 10.1. The molecule has 0 unspecified atom stereocenters. The molecule has 4 aromatic rings. The molecular weight excluding hydrogens is 506 g/mol. The summed E-state index contributed by atoms with van der Waals surface area (Å²) in [6.45, 7) is 7.21. The second-order valence-electron chi connectivity index (χ2n) is 10.3. The van der Waals surface area contributed by atoms with Gasteiger partial charge in [-0.05, 0) is 69.2 Å². The number of aromatic nitrogens is 4. The monoisotopic (exact) mass is 541 g/mol. The maximum atomic E-state index is 11.8. The fraction of sp³-hybridized carbons (Fsp3) is 0.400. The van der Waals surface area contributed by atoms with Crippen LogP contribution in [0.2, 0.25) is 0 Å². The molecule has 0 amide bonds. The number of anilines is 3. The van der Waals surface area contributed by atoms with E-state index in [1.165, 1.54) is 33.0 Å². The second kappa shape index (κ2) is 12.0. The van der Waals surface area contributed by atoms with E-state index in [-0.39, 0.29) is 5.97 Å². The van der Waals surface area contributed by atoms with Crippen molar-refractivity contribution in [2.75, 3.05) is 63.3 Å². The quantitative estimate of drug-likeness (QED) is 0.310. The Balaban J connectivity index is 1.28. The van der Waals surface area contributed by atoms with Crippen LogP contribution in [0.5, 0.6) is 0 Å². The molecule has 0 spiro atoms. The lowest BCUT2D eigenvalue weighted by Crippen LogP contribution is -2.37. The summed E-state index contributed by atoms with van der Waals surface area (Å²) < 4.78 is 12.5. The first-order chi connectivity index (χ1) is 19.7. The van der Waals surface area contributed by atoms with E-state index in [9.17, 15) is 4.79 Å². The van der Waals surface area contributed by atoms with Crippen LogP contribution in [0.1, 0.15) is 29.6 Å². The van der Waals surface area contributed by atoms with Crippen LogP contribution < -0.4 is 10.2 Å². The maximum absolute atomic E-state index is 11.8. The molecule has 10 nitrogen and oxygen atoms in total. The number of hydrogen-bond acceptors (Lipinski definition) is 9. The first-order valence-electron chi connectivity index (χ1n) is 14.0. The van der Waals surface area contributed by atoms with Gasteiger partial charge in [0.2, 0.25) is 5.95 Å². The number of fused-ring (bicyclic) bond motifs is 1. The van der Waals surface area contributed by atoms with Gasteiger partial charge in [0.15, 0.2) is 0 Å². The highest BCUT2D eigenvalue weighted by molar-refractivity contribution is 5.90. The summed E-state index contributed by atoms with van der Waals surface area (Å²) >= 11 is 0. The zero-order valence-corrected chi connectivity index (χ0v) is 22.9. The molecule has 0 radical (unpaired) electrons. The number of nitrogens with zero attached hydrogens (tertiary/aromatic N) is 6. The number of likely N-dealkylation sites (tertiary alicyclic amines) is 1. The Labute approximate surface area is 233 Å². The lowest BCUT2D eigenvalue weighted by Gasteiger charge is -2.27. The van der Waals surface area contributed by atoms with E-state index in [0.717, 1.165) is 60.4 Å². The molecule has 2 aromatic carbocycles. The number of morpholine rings is 1. The van der Waals surface area contributed by atoms with E-state index in [1.54, 1.807) is 12.1 Å². The summed E-state index contributed by atoms with van der Waals surface area (Å²) in [5, 5.41) is 9.20. The zero-order chi connectivity index (χ0) is 27.3. The molecule has 2 aromatic heterocycles. The van der Waals surface area contributed by atoms with Gasteiger partial charge in [-0.3, -0.25) is 4.68 Å². The average Bonchev–Trinajstić information content (AvgIpc) is 3.67. The van der Waals surface area contributed by atoms with Crippen molar-refractivity contribution in [3.05, 3.63) is 60.3 Å². The highest BCUT2D eigenvalue weighted by Crippen LogP contribution is 2.28. The number of esters is 1. The van der Waals surface area contributed by atoms with Crippen molar-refractivity contribution in [2.45, 2.75) is 25.8 Å². The molecule has 0 atom stereocenters. The topological polar surface area (TPSA) is 97.6 Å². The van der Waals surface area contributed by atoms with Crippen molar-refractivity contribution in [1.82, 2.24) is 24.6 Å². The average molecular weight is 542 g/mol. The number of aryl methyl sites for hydroxylation is 1. The van der Waals surface area contributed by atoms with Gasteiger partial charge in [-0.2, -0.15) is 10.1 Å². The van der Waals surface area contributed by atoms with Crippen molar-refractivity contribution in [1.29, 1.82) is 0 Å². The summed E-state index contributed by atoms with van der Waals surface area (Å²) in [5.74, 6) is 0.974. The fourth-order valence-corrected chi connectivity index (χ4v) is 5.36. The van der Waals surface area contributed by atoms with Crippen molar-refractivity contribution >= 4 is 34.3 Å². The number of methoxy groups -OCH3 is 1. The van der Waals surface area contributed by atoms with Gasteiger partial charge in [0.05, 0.1) is 43.3 Å². The van der Waals surface area contributed by atoms with Crippen molar-refractivity contribution in [3.63, 3.8) is 0 Å². The van der Waals surface area contributed by atoms with Crippen LogP contribution in [0.4, 0.5) is 17.5 Å². The van der Waals surface area contributed by atoms with Crippen LogP contribution in [0.3, 0.4) is 0 Å².